The number of rotatable bonds is 4. The van der Waals surface area contributed by atoms with E-state index in [1.54, 1.807) is 35.3 Å². The van der Waals surface area contributed by atoms with Crippen LogP contribution in [0.2, 0.25) is 0 Å². The van der Waals surface area contributed by atoms with Gasteiger partial charge >= 0.3 is 6.09 Å². The van der Waals surface area contributed by atoms with E-state index in [9.17, 15) is 14.0 Å². The lowest BCUT2D eigenvalue weighted by atomic mass is 10.1. The average molecular weight is 507 g/mol. The first-order valence-corrected chi connectivity index (χ1v) is 12.6. The number of hydrogen-bond donors (Lipinski definition) is 0. The minimum atomic E-state index is -0.547. The molecule has 0 unspecified atom stereocenters. The fourth-order valence-electron chi connectivity index (χ4n) is 4.51. The highest BCUT2D eigenvalue weighted by atomic mass is 19.1. The number of halogens is 1. The summed E-state index contributed by atoms with van der Waals surface area (Å²) >= 11 is 0. The number of pyridine rings is 1. The second-order valence-electron chi connectivity index (χ2n) is 10.9. The molecule has 8 heteroatoms. The Balaban J connectivity index is 1.78. The lowest BCUT2D eigenvalue weighted by Gasteiger charge is -2.23. The number of nitrogens with zero attached hydrogens (tertiary/aromatic N) is 4. The molecule has 1 saturated heterocycles. The van der Waals surface area contributed by atoms with Crippen molar-refractivity contribution < 1.29 is 18.7 Å². The molecule has 1 fully saturated rings. The third-order valence-electron chi connectivity index (χ3n) is 6.58. The Hall–Kier alpha value is -3.68. The van der Waals surface area contributed by atoms with E-state index < -0.39 is 11.4 Å². The quantitative estimate of drug-likeness (QED) is 0.437. The van der Waals surface area contributed by atoms with Gasteiger partial charge in [0.15, 0.2) is 0 Å². The summed E-state index contributed by atoms with van der Waals surface area (Å²) in [5.41, 5.74) is 4.19. The van der Waals surface area contributed by atoms with Crippen LogP contribution >= 0.6 is 0 Å². The molecule has 7 nitrogen and oxygen atoms in total. The van der Waals surface area contributed by atoms with Gasteiger partial charge in [-0.25, -0.2) is 9.18 Å². The highest BCUT2D eigenvalue weighted by Gasteiger charge is 2.27. The van der Waals surface area contributed by atoms with Gasteiger partial charge in [0.2, 0.25) is 0 Å². The van der Waals surface area contributed by atoms with Crippen LogP contribution in [0.15, 0.2) is 42.4 Å². The molecule has 0 saturated carbocycles. The van der Waals surface area contributed by atoms with Crippen molar-refractivity contribution in [1.82, 2.24) is 19.4 Å². The number of carbonyl (C=O) groups excluding carboxylic acids is 2. The summed E-state index contributed by atoms with van der Waals surface area (Å²) in [6.07, 6.45) is 8.05. The van der Waals surface area contributed by atoms with Crippen molar-refractivity contribution in [3.63, 3.8) is 0 Å². The molecular formula is C29H35FN4O3. The van der Waals surface area contributed by atoms with Crippen molar-refractivity contribution in [2.75, 3.05) is 20.1 Å². The maximum Gasteiger partial charge on any atom is 0.410 e. The van der Waals surface area contributed by atoms with Gasteiger partial charge in [-0.3, -0.25) is 9.78 Å². The second-order valence-corrected chi connectivity index (χ2v) is 10.9. The summed E-state index contributed by atoms with van der Waals surface area (Å²) < 4.78 is 21.7. The molecule has 2 amide bonds. The molecular weight excluding hydrogens is 471 g/mol. The maximum absolute atomic E-state index is 14.3. The molecule has 0 atom stereocenters. The van der Waals surface area contributed by atoms with Crippen LogP contribution < -0.4 is 0 Å². The van der Waals surface area contributed by atoms with Gasteiger partial charge in [-0.1, -0.05) is 6.08 Å². The molecule has 1 aliphatic heterocycles. The van der Waals surface area contributed by atoms with Crippen LogP contribution in [0.1, 0.15) is 62.5 Å². The lowest BCUT2D eigenvalue weighted by Crippen LogP contribution is -2.34. The summed E-state index contributed by atoms with van der Waals surface area (Å²) in [5, 5.41) is 0.998. The maximum atomic E-state index is 14.3. The second kappa shape index (κ2) is 10.00. The fourth-order valence-corrected chi connectivity index (χ4v) is 4.51. The molecule has 0 aliphatic carbocycles. The molecule has 0 spiro atoms. The Morgan fingerprint density at radius 3 is 2.62 bits per heavy atom. The summed E-state index contributed by atoms with van der Waals surface area (Å²) in [7, 11) is 1.72. The first-order chi connectivity index (χ1) is 17.4. The Bertz CT molecular complexity index is 1380. The number of carbonyl (C=O) groups is 2. The van der Waals surface area contributed by atoms with Crippen molar-refractivity contribution in [2.45, 2.75) is 59.6 Å². The predicted molar refractivity (Wildman–Crippen MR) is 143 cm³/mol. The Labute approximate surface area is 217 Å². The molecule has 37 heavy (non-hydrogen) atoms. The molecule has 0 radical (unpaired) electrons. The van der Waals surface area contributed by atoms with Crippen molar-refractivity contribution >= 4 is 29.0 Å². The van der Waals surface area contributed by atoms with Crippen LogP contribution in [0.4, 0.5) is 9.18 Å². The van der Waals surface area contributed by atoms with E-state index in [1.165, 1.54) is 12.1 Å². The summed E-state index contributed by atoms with van der Waals surface area (Å²) in [6, 6.07) is 4.25. The number of aromatic nitrogens is 2. The number of fused-ring (bicyclic) bond motifs is 1. The van der Waals surface area contributed by atoms with Gasteiger partial charge in [0, 0.05) is 49.5 Å². The number of aryl methyl sites for hydroxylation is 1. The molecule has 2 aromatic heterocycles. The number of hydrogen-bond acceptors (Lipinski definition) is 4. The van der Waals surface area contributed by atoms with Crippen molar-refractivity contribution in [3.05, 3.63) is 64.9 Å². The van der Waals surface area contributed by atoms with Crippen LogP contribution in [-0.2, 0) is 4.74 Å². The zero-order valence-corrected chi connectivity index (χ0v) is 22.6. The summed E-state index contributed by atoms with van der Waals surface area (Å²) in [6.45, 7) is 12.5. The van der Waals surface area contributed by atoms with Gasteiger partial charge in [-0.05, 0) is 77.3 Å². The van der Waals surface area contributed by atoms with E-state index in [2.05, 4.69) is 11.1 Å². The SMILES string of the molecule is Cc1cncc2c1c(/C=C1\CCN(C(=O)OC(C)(C)C)C1)cn2-c1ccc(F)cc1C(=O)N(C)C(C)C. The molecule has 1 aliphatic rings. The summed E-state index contributed by atoms with van der Waals surface area (Å²) in [5.74, 6) is -0.721. The first-order valence-electron chi connectivity index (χ1n) is 12.6. The third-order valence-corrected chi connectivity index (χ3v) is 6.58. The average Bonchev–Trinajstić information content (AvgIpc) is 3.43. The van der Waals surface area contributed by atoms with Gasteiger partial charge in [0.1, 0.15) is 11.4 Å². The molecule has 0 N–H and O–H groups in total. The summed E-state index contributed by atoms with van der Waals surface area (Å²) in [4.78, 5) is 33.5. The Morgan fingerprint density at radius 1 is 1.22 bits per heavy atom. The van der Waals surface area contributed by atoms with Crippen molar-refractivity contribution in [3.8, 4) is 5.69 Å². The van der Waals surface area contributed by atoms with Gasteiger partial charge in [0.25, 0.3) is 5.91 Å². The van der Waals surface area contributed by atoms with E-state index >= 15 is 0 Å². The molecule has 4 rings (SSSR count). The fraction of sp³-hybridized carbons (Fsp3) is 0.414. The number of amides is 2. The largest absolute Gasteiger partial charge is 0.444 e. The van der Waals surface area contributed by atoms with Crippen molar-refractivity contribution in [2.24, 2.45) is 0 Å². The van der Waals surface area contributed by atoms with Gasteiger partial charge in [-0.2, -0.15) is 0 Å². The van der Waals surface area contributed by atoms with Crippen LogP contribution in [0.5, 0.6) is 0 Å². The predicted octanol–water partition coefficient (Wildman–Crippen LogP) is 5.98. The number of benzene rings is 1. The van der Waals surface area contributed by atoms with Gasteiger partial charge in [-0.15, -0.1) is 0 Å². The van der Waals surface area contributed by atoms with E-state index in [1.807, 2.05) is 52.3 Å². The van der Waals surface area contributed by atoms with Crippen molar-refractivity contribution in [1.29, 1.82) is 0 Å². The molecule has 3 heterocycles. The minimum Gasteiger partial charge on any atom is -0.444 e. The molecule has 196 valence electrons. The number of likely N-dealkylation sites (tertiary alicyclic amines) is 1. The van der Waals surface area contributed by atoms with Gasteiger partial charge < -0.3 is 19.1 Å². The third kappa shape index (κ3) is 5.53. The van der Waals surface area contributed by atoms with Gasteiger partial charge in [0.05, 0.1) is 23.0 Å². The molecule has 0 bridgehead atoms. The monoisotopic (exact) mass is 506 g/mol. The van der Waals surface area contributed by atoms with E-state index in [0.29, 0.717) is 18.8 Å². The standard InChI is InChI=1S/C29H35FN4O3/c1-18(2)32(7)27(35)23-13-22(30)8-9-24(23)34-17-21(26-19(3)14-31-15-25(26)34)12-20-10-11-33(16-20)28(36)37-29(4,5)6/h8-9,12-15,17-18H,10-11,16H2,1-7H3/b20-12+. The Kier molecular flexibility index (Phi) is 7.13. The highest BCUT2D eigenvalue weighted by Crippen LogP contribution is 2.32. The Morgan fingerprint density at radius 2 is 1.95 bits per heavy atom. The zero-order chi connectivity index (χ0) is 27.1. The van der Waals surface area contributed by atoms with E-state index in [4.69, 9.17) is 4.74 Å². The van der Waals surface area contributed by atoms with Crippen LogP contribution in [0, 0.1) is 12.7 Å². The molecule has 3 aromatic rings. The van der Waals surface area contributed by atoms with E-state index in [-0.39, 0.29) is 23.6 Å². The minimum absolute atomic E-state index is 0.0375. The number of ether oxygens (including phenoxy) is 1. The first kappa shape index (κ1) is 26.4. The lowest BCUT2D eigenvalue weighted by molar-refractivity contribution is 0.0299. The molecule has 1 aromatic carbocycles. The van der Waals surface area contributed by atoms with Crippen LogP contribution in [0.25, 0.3) is 22.7 Å². The topological polar surface area (TPSA) is 67.7 Å². The normalized spacial score (nSPS) is 15.2. The van der Waals surface area contributed by atoms with Crippen LogP contribution in [-0.4, -0.2) is 63.1 Å². The van der Waals surface area contributed by atoms with E-state index in [0.717, 1.165) is 34.0 Å². The smallest absolute Gasteiger partial charge is 0.410 e. The van der Waals surface area contributed by atoms with Crippen LogP contribution in [0.3, 0.4) is 0 Å². The zero-order valence-electron chi connectivity index (χ0n) is 22.6. The highest BCUT2D eigenvalue weighted by molar-refractivity contribution is 6.00.